The Morgan fingerprint density at radius 1 is 1.31 bits per heavy atom. The molecule has 2 aromatic carbocycles. The summed E-state index contributed by atoms with van der Waals surface area (Å²) in [5.74, 6) is 0.0598. The Bertz CT molecular complexity index is 848. The topological polar surface area (TPSA) is 95.9 Å². The van der Waals surface area contributed by atoms with Crippen molar-refractivity contribution in [3.05, 3.63) is 58.7 Å². The lowest BCUT2D eigenvalue weighted by Gasteiger charge is -2.35. The van der Waals surface area contributed by atoms with Crippen molar-refractivity contribution in [1.29, 1.82) is 0 Å². The van der Waals surface area contributed by atoms with Crippen LogP contribution in [0.25, 0.3) is 0 Å². The largest absolute Gasteiger partial charge is 0.507 e. The lowest BCUT2D eigenvalue weighted by Crippen LogP contribution is -2.43. The van der Waals surface area contributed by atoms with Gasteiger partial charge in [-0.25, -0.2) is 0 Å². The number of amides is 1. The van der Waals surface area contributed by atoms with Crippen molar-refractivity contribution in [1.82, 2.24) is 5.32 Å². The van der Waals surface area contributed by atoms with Crippen LogP contribution in [-0.2, 0) is 12.0 Å². The van der Waals surface area contributed by atoms with Gasteiger partial charge in [-0.3, -0.25) is 9.59 Å². The maximum Gasteiger partial charge on any atom is 0.251 e. The summed E-state index contributed by atoms with van der Waals surface area (Å²) in [6.07, 6.45) is 2.71. The van der Waals surface area contributed by atoms with Crippen molar-refractivity contribution >= 4 is 12.2 Å². The van der Waals surface area contributed by atoms with Crippen LogP contribution in [0.3, 0.4) is 0 Å². The second-order valence-corrected chi connectivity index (χ2v) is 6.48. The molecule has 0 spiro atoms. The molecule has 26 heavy (non-hydrogen) atoms. The number of rotatable bonds is 5. The Hall–Kier alpha value is -2.86. The molecule has 1 amide bonds. The van der Waals surface area contributed by atoms with Crippen molar-refractivity contribution in [3.63, 3.8) is 0 Å². The van der Waals surface area contributed by atoms with Crippen LogP contribution in [0.4, 0.5) is 0 Å². The molecule has 6 nitrogen and oxygen atoms in total. The Morgan fingerprint density at radius 3 is 2.85 bits per heavy atom. The van der Waals surface area contributed by atoms with E-state index >= 15 is 0 Å². The van der Waals surface area contributed by atoms with E-state index in [4.69, 9.17) is 4.74 Å². The highest BCUT2D eigenvalue weighted by Gasteiger charge is 2.35. The second-order valence-electron chi connectivity index (χ2n) is 6.48. The minimum atomic E-state index is -1.18. The fourth-order valence-corrected chi connectivity index (χ4v) is 3.34. The van der Waals surface area contributed by atoms with Crippen molar-refractivity contribution < 1.29 is 24.5 Å². The van der Waals surface area contributed by atoms with Crippen molar-refractivity contribution in [3.8, 4) is 11.5 Å². The molecule has 0 saturated heterocycles. The maximum absolute atomic E-state index is 12.4. The van der Waals surface area contributed by atoms with Gasteiger partial charge in [-0.1, -0.05) is 6.07 Å². The number of hydrogen-bond acceptors (Lipinski definition) is 5. The molecule has 0 aliphatic heterocycles. The van der Waals surface area contributed by atoms with Gasteiger partial charge < -0.3 is 20.3 Å². The van der Waals surface area contributed by atoms with Gasteiger partial charge >= 0.3 is 0 Å². The summed E-state index contributed by atoms with van der Waals surface area (Å²) in [4.78, 5) is 23.3. The number of hydrogen-bond donors (Lipinski definition) is 3. The SMILES string of the molecule is COc1ccc2c(c1)C(O)(CNC(=O)c1ccc(O)c(C=O)c1)CCC2. The van der Waals surface area contributed by atoms with Gasteiger partial charge in [-0.2, -0.15) is 0 Å². The Balaban J connectivity index is 1.79. The minimum absolute atomic E-state index is 0.0449. The number of benzene rings is 2. The molecular formula is C20H21NO5. The number of nitrogens with one attached hydrogen (secondary N) is 1. The molecule has 0 radical (unpaired) electrons. The third-order valence-electron chi connectivity index (χ3n) is 4.81. The number of fused-ring (bicyclic) bond motifs is 1. The van der Waals surface area contributed by atoms with Crippen LogP contribution in [0.2, 0.25) is 0 Å². The molecular weight excluding hydrogens is 334 g/mol. The maximum atomic E-state index is 12.4. The summed E-state index contributed by atoms with van der Waals surface area (Å²) in [6, 6.07) is 9.66. The minimum Gasteiger partial charge on any atom is -0.507 e. The molecule has 0 bridgehead atoms. The van der Waals surface area contributed by atoms with Gasteiger partial charge in [0.1, 0.15) is 17.1 Å². The number of aryl methyl sites for hydroxylation is 1. The lowest BCUT2D eigenvalue weighted by atomic mass is 9.79. The molecule has 1 aliphatic carbocycles. The predicted octanol–water partition coefficient (Wildman–Crippen LogP) is 2.17. The zero-order valence-electron chi connectivity index (χ0n) is 14.5. The number of methoxy groups -OCH3 is 1. The number of carbonyl (C=O) groups excluding carboxylic acids is 2. The smallest absolute Gasteiger partial charge is 0.251 e. The Kier molecular flexibility index (Phi) is 4.95. The van der Waals surface area contributed by atoms with E-state index in [1.54, 1.807) is 7.11 Å². The van der Waals surface area contributed by atoms with Gasteiger partial charge in [-0.15, -0.1) is 0 Å². The average molecular weight is 355 g/mol. The first kappa shape index (κ1) is 17.9. The number of carbonyl (C=O) groups is 2. The van der Waals surface area contributed by atoms with E-state index in [1.165, 1.54) is 18.2 Å². The third kappa shape index (κ3) is 3.41. The highest BCUT2D eigenvalue weighted by molar-refractivity contribution is 5.96. The quantitative estimate of drug-likeness (QED) is 0.715. The van der Waals surface area contributed by atoms with Gasteiger partial charge in [-0.05, 0) is 60.7 Å². The molecule has 3 N–H and O–H groups in total. The van der Waals surface area contributed by atoms with E-state index in [0.717, 1.165) is 24.0 Å². The first-order chi connectivity index (χ1) is 12.5. The van der Waals surface area contributed by atoms with E-state index in [2.05, 4.69) is 5.32 Å². The number of phenolic OH excluding ortho intramolecular Hbond substituents is 1. The summed E-state index contributed by atoms with van der Waals surface area (Å²) in [5.41, 5.74) is 0.922. The van der Waals surface area contributed by atoms with E-state index in [0.29, 0.717) is 18.5 Å². The van der Waals surface area contributed by atoms with E-state index in [1.807, 2.05) is 18.2 Å². The van der Waals surface area contributed by atoms with Gasteiger partial charge in [0.25, 0.3) is 5.91 Å². The first-order valence-corrected chi connectivity index (χ1v) is 8.43. The summed E-state index contributed by atoms with van der Waals surface area (Å²) < 4.78 is 5.25. The first-order valence-electron chi connectivity index (χ1n) is 8.43. The normalized spacial score (nSPS) is 18.7. The Labute approximate surface area is 151 Å². The molecule has 0 aromatic heterocycles. The molecule has 136 valence electrons. The van der Waals surface area contributed by atoms with Crippen LogP contribution < -0.4 is 10.1 Å². The van der Waals surface area contributed by atoms with Gasteiger partial charge in [0.05, 0.1) is 19.2 Å². The third-order valence-corrected chi connectivity index (χ3v) is 4.81. The number of phenols is 1. The molecule has 1 aliphatic rings. The highest BCUT2D eigenvalue weighted by Crippen LogP contribution is 2.37. The van der Waals surface area contributed by atoms with E-state index in [9.17, 15) is 19.8 Å². The fourth-order valence-electron chi connectivity index (χ4n) is 3.34. The van der Waals surface area contributed by atoms with Gasteiger partial charge in [0, 0.05) is 5.56 Å². The highest BCUT2D eigenvalue weighted by atomic mass is 16.5. The average Bonchev–Trinajstić information content (AvgIpc) is 2.66. The molecule has 3 rings (SSSR count). The van der Waals surface area contributed by atoms with Gasteiger partial charge in [0.15, 0.2) is 6.29 Å². The summed E-state index contributed by atoms with van der Waals surface area (Å²) in [7, 11) is 1.57. The molecule has 0 fully saturated rings. The molecule has 1 unspecified atom stereocenters. The number of aldehydes is 1. The Morgan fingerprint density at radius 2 is 2.12 bits per heavy atom. The number of ether oxygens (including phenoxy) is 1. The van der Waals surface area contributed by atoms with Crippen molar-refractivity contribution in [2.24, 2.45) is 0 Å². The summed E-state index contributed by atoms with van der Waals surface area (Å²) in [5, 5.41) is 23.4. The number of aromatic hydroxyl groups is 1. The molecule has 2 aromatic rings. The zero-order valence-corrected chi connectivity index (χ0v) is 14.5. The lowest BCUT2D eigenvalue weighted by molar-refractivity contribution is 0.0187. The molecule has 0 heterocycles. The molecule has 6 heteroatoms. The monoisotopic (exact) mass is 355 g/mol. The zero-order chi connectivity index (χ0) is 18.7. The van der Waals surface area contributed by atoms with E-state index < -0.39 is 11.5 Å². The van der Waals surface area contributed by atoms with Crippen LogP contribution in [0, 0.1) is 0 Å². The number of aliphatic hydroxyl groups is 1. The molecule has 1 atom stereocenters. The van der Waals surface area contributed by atoms with Crippen LogP contribution in [0.1, 0.15) is 44.7 Å². The van der Waals surface area contributed by atoms with E-state index in [-0.39, 0.29) is 23.4 Å². The van der Waals surface area contributed by atoms with Crippen LogP contribution in [-0.4, -0.2) is 36.1 Å². The van der Waals surface area contributed by atoms with Crippen LogP contribution in [0.15, 0.2) is 36.4 Å². The van der Waals surface area contributed by atoms with Crippen molar-refractivity contribution in [2.45, 2.75) is 24.9 Å². The fraction of sp³-hybridized carbons (Fsp3) is 0.300. The van der Waals surface area contributed by atoms with Gasteiger partial charge in [0.2, 0.25) is 0 Å². The summed E-state index contributed by atoms with van der Waals surface area (Å²) in [6.45, 7) is 0.0449. The van der Waals surface area contributed by atoms with Crippen LogP contribution >= 0.6 is 0 Å². The second kappa shape index (κ2) is 7.17. The van der Waals surface area contributed by atoms with Crippen LogP contribution in [0.5, 0.6) is 11.5 Å². The molecule has 0 saturated carbocycles. The standard InChI is InChI=1S/C20H21NO5/c1-26-16-6-4-13-3-2-8-20(25,17(13)10-16)12-21-19(24)14-5-7-18(23)15(9-14)11-22/h4-7,9-11,23,25H,2-3,8,12H2,1H3,(H,21,24). The summed E-state index contributed by atoms with van der Waals surface area (Å²) >= 11 is 0. The predicted molar refractivity (Wildman–Crippen MR) is 95.7 cm³/mol. The van der Waals surface area contributed by atoms with Crippen molar-refractivity contribution in [2.75, 3.05) is 13.7 Å².